The molecule has 1 unspecified atom stereocenters. The molecule has 1 fully saturated rings. The van der Waals surface area contributed by atoms with E-state index in [1.54, 1.807) is 42.5 Å². The number of piperidine rings is 1. The van der Waals surface area contributed by atoms with Crippen LogP contribution in [0, 0.1) is 0 Å². The lowest BCUT2D eigenvalue weighted by Crippen LogP contribution is -2.51. The van der Waals surface area contributed by atoms with E-state index in [1.807, 2.05) is 6.92 Å². The predicted octanol–water partition coefficient (Wildman–Crippen LogP) is 2.39. The van der Waals surface area contributed by atoms with Gasteiger partial charge in [0.15, 0.2) is 0 Å². The smallest absolute Gasteiger partial charge is 0.255 e. The molecule has 2 aromatic carbocycles. The Labute approximate surface area is 175 Å². The Morgan fingerprint density at radius 3 is 2.40 bits per heavy atom. The Morgan fingerprint density at radius 1 is 1.10 bits per heavy atom. The zero-order valence-electron chi connectivity index (χ0n) is 16.7. The molecule has 3 amide bonds. The molecular weight excluding hydrogens is 406 g/mol. The lowest BCUT2D eigenvalue weighted by molar-refractivity contribution is -0.138. The van der Waals surface area contributed by atoms with Crippen LogP contribution in [0.5, 0.6) is 0 Å². The number of hydrogen-bond donors (Lipinski definition) is 3. The molecule has 2 aromatic rings. The number of amides is 3. The number of rotatable bonds is 6. The highest BCUT2D eigenvalue weighted by atomic mass is 32.2. The van der Waals surface area contributed by atoms with Crippen molar-refractivity contribution in [1.82, 2.24) is 5.32 Å². The molecule has 0 aliphatic carbocycles. The van der Waals surface area contributed by atoms with E-state index in [9.17, 15) is 22.8 Å². The van der Waals surface area contributed by atoms with Crippen molar-refractivity contribution in [2.75, 3.05) is 16.3 Å². The third kappa shape index (κ3) is 4.68. The number of sulfonamides is 1. The highest BCUT2D eigenvalue weighted by Gasteiger charge is 2.42. The van der Waals surface area contributed by atoms with Crippen LogP contribution in [0.3, 0.4) is 0 Å². The fourth-order valence-electron chi connectivity index (χ4n) is 3.58. The Balaban J connectivity index is 1.76. The van der Waals surface area contributed by atoms with Gasteiger partial charge in [0, 0.05) is 23.4 Å². The van der Waals surface area contributed by atoms with Crippen molar-refractivity contribution in [2.24, 2.45) is 0 Å². The van der Waals surface area contributed by atoms with E-state index >= 15 is 0 Å². The molecule has 1 aliphatic rings. The van der Waals surface area contributed by atoms with Crippen molar-refractivity contribution in [3.05, 3.63) is 59.7 Å². The quantitative estimate of drug-likeness (QED) is 0.609. The minimum absolute atomic E-state index is 0.263. The van der Waals surface area contributed by atoms with Crippen LogP contribution >= 0.6 is 0 Å². The standard InChI is InChI=1S/C21H23N3O5S/c1-3-21(12-11-18(25)23-20(21)27)15-7-9-16(10-8-15)22-19(26)14-5-4-6-17(13-14)24-30(2,28)29/h4-10,13,24H,3,11-12H2,1-2H3,(H,22,26)(H,23,25,27). The maximum absolute atomic E-state index is 12.5. The first-order valence-electron chi connectivity index (χ1n) is 9.47. The van der Waals surface area contributed by atoms with Gasteiger partial charge in [-0.25, -0.2) is 8.42 Å². The number of imide groups is 1. The van der Waals surface area contributed by atoms with Gasteiger partial charge in [0.05, 0.1) is 11.7 Å². The molecule has 1 atom stereocenters. The fourth-order valence-corrected chi connectivity index (χ4v) is 4.14. The van der Waals surface area contributed by atoms with Crippen LogP contribution in [0.2, 0.25) is 0 Å². The molecule has 3 N–H and O–H groups in total. The molecule has 0 aromatic heterocycles. The summed E-state index contributed by atoms with van der Waals surface area (Å²) >= 11 is 0. The SMILES string of the molecule is CCC1(c2ccc(NC(=O)c3cccc(NS(C)(=O)=O)c3)cc2)CCC(=O)NC1=O. The maximum atomic E-state index is 12.5. The van der Waals surface area contributed by atoms with Gasteiger partial charge in [0.25, 0.3) is 5.91 Å². The van der Waals surface area contributed by atoms with E-state index in [1.165, 1.54) is 6.07 Å². The molecule has 1 aliphatic heterocycles. The molecular formula is C21H23N3O5S. The first-order valence-corrected chi connectivity index (χ1v) is 11.4. The van der Waals surface area contributed by atoms with Gasteiger partial charge in [0.1, 0.15) is 0 Å². The summed E-state index contributed by atoms with van der Waals surface area (Å²) in [6, 6.07) is 13.1. The molecule has 8 nitrogen and oxygen atoms in total. The minimum Gasteiger partial charge on any atom is -0.322 e. The third-order valence-electron chi connectivity index (χ3n) is 5.19. The average molecular weight is 429 g/mol. The van der Waals surface area contributed by atoms with E-state index in [4.69, 9.17) is 0 Å². The van der Waals surface area contributed by atoms with Crippen LogP contribution in [-0.2, 0) is 25.0 Å². The van der Waals surface area contributed by atoms with Crippen LogP contribution in [-0.4, -0.2) is 32.4 Å². The number of carbonyl (C=O) groups is 3. The molecule has 0 bridgehead atoms. The molecule has 9 heteroatoms. The second-order valence-electron chi connectivity index (χ2n) is 7.30. The summed E-state index contributed by atoms with van der Waals surface area (Å²) in [5.41, 5.74) is 1.14. The van der Waals surface area contributed by atoms with E-state index in [-0.39, 0.29) is 18.2 Å². The monoisotopic (exact) mass is 429 g/mol. The normalized spacial score (nSPS) is 19.1. The van der Waals surface area contributed by atoms with Gasteiger partial charge in [0.2, 0.25) is 21.8 Å². The predicted molar refractivity (Wildman–Crippen MR) is 114 cm³/mol. The molecule has 0 saturated carbocycles. The van der Waals surface area contributed by atoms with Gasteiger partial charge in [-0.05, 0) is 48.7 Å². The van der Waals surface area contributed by atoms with Gasteiger partial charge >= 0.3 is 0 Å². The molecule has 0 spiro atoms. The van der Waals surface area contributed by atoms with Crippen molar-refractivity contribution in [1.29, 1.82) is 0 Å². The van der Waals surface area contributed by atoms with E-state index in [0.717, 1.165) is 11.8 Å². The molecule has 158 valence electrons. The lowest BCUT2D eigenvalue weighted by atomic mass is 9.72. The minimum atomic E-state index is -3.45. The molecule has 0 radical (unpaired) electrons. The molecule has 30 heavy (non-hydrogen) atoms. The fraction of sp³-hybridized carbons (Fsp3) is 0.286. The van der Waals surface area contributed by atoms with E-state index in [2.05, 4.69) is 15.4 Å². The maximum Gasteiger partial charge on any atom is 0.255 e. The molecule has 1 saturated heterocycles. The summed E-state index contributed by atoms with van der Waals surface area (Å²) in [6.07, 6.45) is 2.32. The number of carbonyl (C=O) groups excluding carboxylic acids is 3. The van der Waals surface area contributed by atoms with Crippen LogP contribution in [0.4, 0.5) is 11.4 Å². The Bertz CT molecular complexity index is 1100. The van der Waals surface area contributed by atoms with Gasteiger partial charge < -0.3 is 5.32 Å². The molecule has 3 rings (SSSR count). The van der Waals surface area contributed by atoms with Gasteiger partial charge in [-0.1, -0.05) is 25.1 Å². The van der Waals surface area contributed by atoms with Crippen molar-refractivity contribution >= 4 is 39.1 Å². The van der Waals surface area contributed by atoms with Crippen LogP contribution in [0.15, 0.2) is 48.5 Å². The topological polar surface area (TPSA) is 121 Å². The average Bonchev–Trinajstić information content (AvgIpc) is 2.68. The van der Waals surface area contributed by atoms with Crippen molar-refractivity contribution < 1.29 is 22.8 Å². The first-order chi connectivity index (χ1) is 14.1. The van der Waals surface area contributed by atoms with Crippen molar-refractivity contribution in [2.45, 2.75) is 31.6 Å². The van der Waals surface area contributed by atoms with Crippen molar-refractivity contribution in [3.63, 3.8) is 0 Å². The van der Waals surface area contributed by atoms with Gasteiger partial charge in [-0.15, -0.1) is 0 Å². The van der Waals surface area contributed by atoms with Gasteiger partial charge in [-0.2, -0.15) is 0 Å². The highest BCUT2D eigenvalue weighted by Crippen LogP contribution is 2.36. The van der Waals surface area contributed by atoms with Crippen LogP contribution < -0.4 is 15.4 Å². The zero-order chi connectivity index (χ0) is 21.9. The number of benzene rings is 2. The summed E-state index contributed by atoms with van der Waals surface area (Å²) in [7, 11) is -3.45. The Kier molecular flexibility index (Phi) is 5.93. The Morgan fingerprint density at radius 2 is 1.80 bits per heavy atom. The molecule has 1 heterocycles. The largest absolute Gasteiger partial charge is 0.322 e. The first kappa shape index (κ1) is 21.5. The number of anilines is 2. The van der Waals surface area contributed by atoms with Crippen molar-refractivity contribution in [3.8, 4) is 0 Å². The van der Waals surface area contributed by atoms with Gasteiger partial charge in [-0.3, -0.25) is 24.4 Å². The summed E-state index contributed by atoms with van der Waals surface area (Å²) in [6.45, 7) is 1.91. The number of hydrogen-bond acceptors (Lipinski definition) is 5. The summed E-state index contributed by atoms with van der Waals surface area (Å²) in [5.74, 6) is -0.958. The highest BCUT2D eigenvalue weighted by molar-refractivity contribution is 7.92. The third-order valence-corrected chi connectivity index (χ3v) is 5.80. The summed E-state index contributed by atoms with van der Waals surface area (Å²) in [5, 5.41) is 5.17. The zero-order valence-corrected chi connectivity index (χ0v) is 17.5. The van der Waals surface area contributed by atoms with E-state index < -0.39 is 21.3 Å². The second-order valence-corrected chi connectivity index (χ2v) is 9.05. The second kappa shape index (κ2) is 8.27. The lowest BCUT2D eigenvalue weighted by Gasteiger charge is -2.35. The summed E-state index contributed by atoms with van der Waals surface area (Å²) < 4.78 is 25.1. The van der Waals surface area contributed by atoms with Crippen LogP contribution in [0.25, 0.3) is 0 Å². The van der Waals surface area contributed by atoms with E-state index in [0.29, 0.717) is 29.8 Å². The number of nitrogens with one attached hydrogen (secondary N) is 3. The van der Waals surface area contributed by atoms with Crippen LogP contribution in [0.1, 0.15) is 42.1 Å². The Hall–Kier alpha value is -3.20. The summed E-state index contributed by atoms with van der Waals surface area (Å²) in [4.78, 5) is 36.5.